The molecule has 2 nitrogen and oxygen atoms in total. The summed E-state index contributed by atoms with van der Waals surface area (Å²) in [4.78, 5) is 4.50. The van der Waals surface area contributed by atoms with Crippen molar-refractivity contribution in [2.24, 2.45) is 4.99 Å². The Morgan fingerprint density at radius 3 is 2.12 bits per heavy atom. The lowest BCUT2D eigenvalue weighted by Gasteiger charge is -2.16. The Bertz CT molecular complexity index is 872. The molecule has 2 N–H and O–H groups in total. The summed E-state index contributed by atoms with van der Waals surface area (Å²) >= 11 is 0. The second-order valence-electron chi connectivity index (χ2n) is 5.46. The van der Waals surface area contributed by atoms with Crippen LogP contribution in [0.5, 0.6) is 0 Å². The monoisotopic (exact) mass is 310 g/mol. The van der Waals surface area contributed by atoms with Gasteiger partial charge in [-0.1, -0.05) is 78.7 Å². The van der Waals surface area contributed by atoms with Crippen LogP contribution in [-0.4, -0.2) is 6.21 Å². The number of nitrogens with two attached hydrogens (primary N) is 1. The fourth-order valence-electron chi connectivity index (χ4n) is 2.71. The van der Waals surface area contributed by atoms with Crippen LogP contribution in [0.2, 0.25) is 0 Å². The summed E-state index contributed by atoms with van der Waals surface area (Å²) in [5.74, 6) is 2.46. The van der Waals surface area contributed by atoms with E-state index in [9.17, 15) is 0 Å². The van der Waals surface area contributed by atoms with E-state index < -0.39 is 0 Å². The van der Waals surface area contributed by atoms with Gasteiger partial charge in [0.15, 0.2) is 0 Å². The van der Waals surface area contributed by atoms with Crippen LogP contribution in [0.3, 0.4) is 0 Å². The van der Waals surface area contributed by atoms with E-state index in [0.29, 0.717) is 5.69 Å². The number of benzene rings is 3. The summed E-state index contributed by atoms with van der Waals surface area (Å²) in [7, 11) is 0. The molecule has 0 aromatic heterocycles. The maximum absolute atomic E-state index is 6.13. The lowest BCUT2D eigenvalue weighted by molar-refractivity contribution is 0.883. The summed E-state index contributed by atoms with van der Waals surface area (Å²) in [5, 5.41) is 0. The highest BCUT2D eigenvalue weighted by atomic mass is 14.8. The smallest absolute Gasteiger partial charge is 0.103 e. The lowest BCUT2D eigenvalue weighted by atomic mass is 9.95. The quantitative estimate of drug-likeness (QED) is 0.422. The van der Waals surface area contributed by atoms with E-state index in [-0.39, 0.29) is 6.04 Å². The molecule has 0 aliphatic rings. The molecule has 116 valence electrons. The summed E-state index contributed by atoms with van der Waals surface area (Å²) in [6.45, 7) is 0. The Balaban J connectivity index is 1.99. The number of aliphatic imine (C=N–C) groups is 1. The van der Waals surface area contributed by atoms with E-state index in [1.165, 1.54) is 17.3 Å². The zero-order valence-corrected chi connectivity index (χ0v) is 13.3. The predicted molar refractivity (Wildman–Crippen MR) is 102 cm³/mol. The van der Waals surface area contributed by atoms with Crippen LogP contribution in [0, 0.1) is 12.3 Å². The molecule has 0 radical (unpaired) electrons. The van der Waals surface area contributed by atoms with Gasteiger partial charge in [-0.05, 0) is 22.8 Å². The Morgan fingerprint density at radius 2 is 1.46 bits per heavy atom. The highest BCUT2D eigenvalue weighted by Gasteiger charge is 2.14. The van der Waals surface area contributed by atoms with Crippen molar-refractivity contribution in [3.63, 3.8) is 0 Å². The Labute approximate surface area is 142 Å². The molecule has 0 bridgehead atoms. The third-order valence-electron chi connectivity index (χ3n) is 3.92. The Hall–Kier alpha value is -3.31. The average molecular weight is 310 g/mol. The number of para-hydroxylation sites is 1. The van der Waals surface area contributed by atoms with Crippen molar-refractivity contribution in [1.82, 2.24) is 0 Å². The Kier molecular flexibility index (Phi) is 4.74. The fourth-order valence-corrected chi connectivity index (χ4v) is 2.71. The number of terminal acetylenes is 1. The highest BCUT2D eigenvalue weighted by Crippen LogP contribution is 2.31. The largest absolute Gasteiger partial charge is 0.398 e. The van der Waals surface area contributed by atoms with Gasteiger partial charge < -0.3 is 5.73 Å². The number of hydrogen-bond acceptors (Lipinski definition) is 2. The minimum Gasteiger partial charge on any atom is -0.398 e. The predicted octanol–water partition coefficient (Wildman–Crippen LogP) is 4.73. The maximum Gasteiger partial charge on any atom is 0.103 e. The average Bonchev–Trinajstić information content (AvgIpc) is 2.64. The minimum absolute atomic E-state index is 0.202. The van der Waals surface area contributed by atoms with Crippen LogP contribution >= 0.6 is 0 Å². The van der Waals surface area contributed by atoms with E-state index >= 15 is 0 Å². The second kappa shape index (κ2) is 7.30. The van der Waals surface area contributed by atoms with Crippen LogP contribution in [-0.2, 0) is 0 Å². The van der Waals surface area contributed by atoms with Gasteiger partial charge in [-0.2, -0.15) is 0 Å². The summed E-state index contributed by atoms with van der Waals surface area (Å²) < 4.78 is 0. The van der Waals surface area contributed by atoms with E-state index in [0.717, 1.165) is 11.1 Å². The molecule has 1 unspecified atom stereocenters. The maximum atomic E-state index is 6.13. The second-order valence-corrected chi connectivity index (χ2v) is 5.46. The first kappa shape index (κ1) is 15.6. The van der Waals surface area contributed by atoms with Crippen LogP contribution < -0.4 is 5.73 Å². The topological polar surface area (TPSA) is 38.4 Å². The number of rotatable bonds is 4. The van der Waals surface area contributed by atoms with Gasteiger partial charge in [-0.25, -0.2) is 0 Å². The molecule has 0 aliphatic heterocycles. The van der Waals surface area contributed by atoms with Crippen molar-refractivity contribution >= 4 is 11.9 Å². The van der Waals surface area contributed by atoms with Crippen molar-refractivity contribution in [1.29, 1.82) is 0 Å². The van der Waals surface area contributed by atoms with Gasteiger partial charge >= 0.3 is 0 Å². The highest BCUT2D eigenvalue weighted by molar-refractivity contribution is 5.78. The number of nitrogens with zero attached hydrogens (tertiary/aromatic N) is 1. The molecular formula is C22H18N2. The molecule has 24 heavy (non-hydrogen) atoms. The van der Waals surface area contributed by atoms with Crippen LogP contribution in [0.1, 0.15) is 17.2 Å². The van der Waals surface area contributed by atoms with E-state index in [1.807, 2.05) is 42.5 Å². The first-order valence-corrected chi connectivity index (χ1v) is 7.77. The molecular weight excluding hydrogens is 292 g/mol. The third-order valence-corrected chi connectivity index (χ3v) is 3.92. The normalized spacial score (nSPS) is 12.0. The van der Waals surface area contributed by atoms with Gasteiger partial charge in [-0.15, -0.1) is 6.42 Å². The molecule has 0 spiro atoms. The molecule has 0 saturated heterocycles. The van der Waals surface area contributed by atoms with Crippen LogP contribution in [0.4, 0.5) is 5.69 Å². The van der Waals surface area contributed by atoms with Gasteiger partial charge in [0.1, 0.15) is 6.04 Å². The van der Waals surface area contributed by atoms with Crippen molar-refractivity contribution in [2.45, 2.75) is 6.04 Å². The van der Waals surface area contributed by atoms with E-state index in [4.69, 9.17) is 12.2 Å². The molecule has 1 atom stereocenters. The molecule has 0 fully saturated rings. The summed E-state index contributed by atoms with van der Waals surface area (Å²) in [5.41, 5.74) is 11.2. The first-order chi connectivity index (χ1) is 11.8. The molecule has 0 saturated carbocycles. The molecule has 3 aromatic rings. The summed E-state index contributed by atoms with van der Waals surface area (Å²) in [6.07, 6.45) is 6.83. The molecule has 2 heteroatoms. The standard InChI is InChI=1S/C22H18N2/c1-2-16-24-22(20-10-6-7-11-21(20)23)19-14-12-18(13-15-19)17-8-4-3-5-9-17/h1,3-16,22H,23H2/b24-16+. The van der Waals surface area contributed by atoms with Gasteiger partial charge in [0.05, 0.1) is 6.21 Å². The molecule has 0 heterocycles. The van der Waals surface area contributed by atoms with Gasteiger partial charge in [0.2, 0.25) is 0 Å². The first-order valence-electron chi connectivity index (χ1n) is 7.77. The van der Waals surface area contributed by atoms with Crippen molar-refractivity contribution < 1.29 is 0 Å². The van der Waals surface area contributed by atoms with Gasteiger partial charge in [0, 0.05) is 11.3 Å². The van der Waals surface area contributed by atoms with Gasteiger partial charge in [-0.3, -0.25) is 4.99 Å². The number of hydrogen-bond donors (Lipinski definition) is 1. The zero-order chi connectivity index (χ0) is 16.8. The number of anilines is 1. The summed E-state index contributed by atoms with van der Waals surface area (Å²) in [6, 6.07) is 26.2. The molecule has 0 amide bonds. The molecule has 3 rings (SSSR count). The Morgan fingerprint density at radius 1 is 0.833 bits per heavy atom. The zero-order valence-electron chi connectivity index (χ0n) is 13.3. The SMILES string of the molecule is C#C/C=N/C(c1ccc(-c2ccccc2)cc1)c1ccccc1N. The van der Waals surface area contributed by atoms with Gasteiger partial charge in [0.25, 0.3) is 0 Å². The van der Waals surface area contributed by atoms with Crippen LogP contribution in [0.15, 0.2) is 83.9 Å². The van der Waals surface area contributed by atoms with E-state index in [2.05, 4.69) is 47.3 Å². The lowest BCUT2D eigenvalue weighted by Crippen LogP contribution is -2.02. The van der Waals surface area contributed by atoms with Crippen molar-refractivity contribution in [3.05, 3.63) is 90.0 Å². The molecule has 0 aliphatic carbocycles. The fraction of sp³-hybridized carbons (Fsp3) is 0.0455. The third kappa shape index (κ3) is 3.37. The van der Waals surface area contributed by atoms with Crippen molar-refractivity contribution in [2.75, 3.05) is 5.73 Å². The minimum atomic E-state index is -0.202. The number of nitrogen functional groups attached to an aromatic ring is 1. The van der Waals surface area contributed by atoms with Crippen LogP contribution in [0.25, 0.3) is 11.1 Å². The van der Waals surface area contributed by atoms with E-state index in [1.54, 1.807) is 0 Å². The van der Waals surface area contributed by atoms with Crippen molar-refractivity contribution in [3.8, 4) is 23.5 Å². The molecule has 3 aromatic carbocycles.